The van der Waals surface area contributed by atoms with Crippen LogP contribution in [-0.4, -0.2) is 12.1 Å². The zero-order valence-electron chi connectivity index (χ0n) is 16.1. The van der Waals surface area contributed by atoms with Gasteiger partial charge in [-0.3, -0.25) is 4.79 Å². The van der Waals surface area contributed by atoms with Gasteiger partial charge in [-0.1, -0.05) is 48.1 Å². The van der Waals surface area contributed by atoms with Crippen molar-refractivity contribution in [1.82, 2.24) is 0 Å². The summed E-state index contributed by atoms with van der Waals surface area (Å²) in [6.07, 6.45) is 6.51. The molecule has 0 radical (unpaired) electrons. The standard InChI is InChI=1S/C24H24F3NO/c25-24(26,27)17-20-12-14-22(15-13-20)28-23(29)21-9-5-8-19(16-21)11-10-18-6-3-1-2-4-7-18/h1,3,5-6,8-9,12-16H,2,4,7,10-11,17H2,(H,28,29). The van der Waals surface area contributed by atoms with Crippen molar-refractivity contribution >= 4 is 11.6 Å². The number of carbonyl (C=O) groups is 1. The molecule has 1 amide bonds. The van der Waals surface area contributed by atoms with Crippen LogP contribution in [0.25, 0.3) is 0 Å². The number of carbonyl (C=O) groups excluding carboxylic acids is 1. The van der Waals surface area contributed by atoms with Crippen LogP contribution in [0.15, 0.2) is 72.3 Å². The zero-order valence-corrected chi connectivity index (χ0v) is 16.1. The fourth-order valence-corrected chi connectivity index (χ4v) is 3.35. The quantitative estimate of drug-likeness (QED) is 0.579. The van der Waals surface area contributed by atoms with Gasteiger partial charge in [0.05, 0.1) is 6.42 Å². The lowest BCUT2D eigenvalue weighted by Crippen LogP contribution is -2.13. The number of rotatable bonds is 6. The molecule has 0 fully saturated rings. The molecule has 0 aromatic heterocycles. The van der Waals surface area contributed by atoms with Crippen LogP contribution in [0.4, 0.5) is 18.9 Å². The average molecular weight is 399 g/mol. The Labute approximate surface area is 169 Å². The second-order valence-corrected chi connectivity index (χ2v) is 7.29. The Morgan fingerprint density at radius 1 is 1.00 bits per heavy atom. The van der Waals surface area contributed by atoms with E-state index in [1.54, 1.807) is 6.07 Å². The van der Waals surface area contributed by atoms with Gasteiger partial charge in [0.25, 0.3) is 5.91 Å². The van der Waals surface area contributed by atoms with E-state index in [4.69, 9.17) is 0 Å². The highest BCUT2D eigenvalue weighted by molar-refractivity contribution is 6.04. The second kappa shape index (κ2) is 9.59. The van der Waals surface area contributed by atoms with E-state index >= 15 is 0 Å². The summed E-state index contributed by atoms with van der Waals surface area (Å²) >= 11 is 0. The van der Waals surface area contributed by atoms with Gasteiger partial charge < -0.3 is 5.32 Å². The minimum Gasteiger partial charge on any atom is -0.322 e. The summed E-state index contributed by atoms with van der Waals surface area (Å²) in [7, 11) is 0. The minimum absolute atomic E-state index is 0.167. The summed E-state index contributed by atoms with van der Waals surface area (Å²) in [5.41, 5.74) is 3.69. The van der Waals surface area contributed by atoms with Crippen LogP contribution in [-0.2, 0) is 12.8 Å². The summed E-state index contributed by atoms with van der Waals surface area (Å²) in [4.78, 5) is 12.5. The summed E-state index contributed by atoms with van der Waals surface area (Å²) in [6, 6.07) is 13.2. The fraction of sp³-hybridized carbons (Fsp3) is 0.292. The first-order valence-electron chi connectivity index (χ1n) is 9.80. The first-order chi connectivity index (χ1) is 13.9. The highest BCUT2D eigenvalue weighted by Crippen LogP contribution is 2.23. The third-order valence-electron chi connectivity index (χ3n) is 4.88. The normalized spacial score (nSPS) is 14.2. The number of benzene rings is 2. The Morgan fingerprint density at radius 2 is 1.79 bits per heavy atom. The number of alkyl halides is 3. The van der Waals surface area contributed by atoms with Crippen LogP contribution in [0.2, 0.25) is 0 Å². The number of nitrogens with one attached hydrogen (secondary N) is 1. The number of hydrogen-bond acceptors (Lipinski definition) is 1. The Morgan fingerprint density at radius 3 is 2.55 bits per heavy atom. The van der Waals surface area contributed by atoms with Gasteiger partial charge in [-0.05, 0) is 67.5 Å². The predicted molar refractivity (Wildman–Crippen MR) is 110 cm³/mol. The van der Waals surface area contributed by atoms with Crippen LogP contribution < -0.4 is 5.32 Å². The number of hydrogen-bond donors (Lipinski definition) is 1. The van der Waals surface area contributed by atoms with Gasteiger partial charge in [-0.2, -0.15) is 13.2 Å². The Kier molecular flexibility index (Phi) is 6.91. The van der Waals surface area contributed by atoms with Crippen molar-refractivity contribution in [1.29, 1.82) is 0 Å². The molecule has 0 bridgehead atoms. The molecule has 0 aliphatic heterocycles. The van der Waals surface area contributed by atoms with Crippen molar-refractivity contribution < 1.29 is 18.0 Å². The van der Waals surface area contributed by atoms with E-state index in [2.05, 4.69) is 23.5 Å². The molecule has 1 aliphatic carbocycles. The topological polar surface area (TPSA) is 29.1 Å². The van der Waals surface area contributed by atoms with Gasteiger partial charge in [0, 0.05) is 11.3 Å². The molecule has 1 N–H and O–H groups in total. The van der Waals surface area contributed by atoms with Crippen molar-refractivity contribution in [2.45, 2.75) is 44.7 Å². The van der Waals surface area contributed by atoms with Crippen molar-refractivity contribution in [3.8, 4) is 0 Å². The van der Waals surface area contributed by atoms with Crippen LogP contribution in [0.3, 0.4) is 0 Å². The summed E-state index contributed by atoms with van der Waals surface area (Å²) in [5.74, 6) is -0.271. The van der Waals surface area contributed by atoms with Crippen molar-refractivity contribution in [3.63, 3.8) is 0 Å². The van der Waals surface area contributed by atoms with Crippen LogP contribution in [0.5, 0.6) is 0 Å². The molecule has 0 spiro atoms. The number of anilines is 1. The molecule has 3 rings (SSSR count). The number of aryl methyl sites for hydroxylation is 1. The molecule has 2 aromatic carbocycles. The van der Waals surface area contributed by atoms with Gasteiger partial charge in [-0.15, -0.1) is 0 Å². The summed E-state index contributed by atoms with van der Waals surface area (Å²) in [5, 5.41) is 2.75. The van der Waals surface area contributed by atoms with E-state index in [9.17, 15) is 18.0 Å². The van der Waals surface area contributed by atoms with E-state index in [-0.39, 0.29) is 11.5 Å². The molecular weight excluding hydrogens is 375 g/mol. The SMILES string of the molecule is O=C(Nc1ccc(CC(F)(F)F)cc1)c1cccc(CCC2=CC=CCCC2)c1. The Balaban J connectivity index is 1.59. The summed E-state index contributed by atoms with van der Waals surface area (Å²) < 4.78 is 37.3. The second-order valence-electron chi connectivity index (χ2n) is 7.29. The minimum atomic E-state index is -4.24. The zero-order chi connectivity index (χ0) is 20.7. The maximum absolute atomic E-state index is 12.5. The lowest BCUT2D eigenvalue weighted by molar-refractivity contribution is -0.127. The van der Waals surface area contributed by atoms with E-state index in [0.29, 0.717) is 11.3 Å². The van der Waals surface area contributed by atoms with Gasteiger partial charge in [0.1, 0.15) is 0 Å². The Hall–Kier alpha value is -2.82. The Bertz CT molecular complexity index is 895. The van der Waals surface area contributed by atoms with E-state index in [0.717, 1.165) is 31.2 Å². The van der Waals surface area contributed by atoms with Gasteiger partial charge >= 0.3 is 6.18 Å². The maximum Gasteiger partial charge on any atom is 0.393 e. The van der Waals surface area contributed by atoms with Gasteiger partial charge in [0.15, 0.2) is 0 Å². The third kappa shape index (κ3) is 6.93. The van der Waals surface area contributed by atoms with Gasteiger partial charge in [0.2, 0.25) is 0 Å². The smallest absolute Gasteiger partial charge is 0.322 e. The monoisotopic (exact) mass is 399 g/mol. The predicted octanol–water partition coefficient (Wildman–Crippen LogP) is 6.64. The molecule has 1 aliphatic rings. The molecule has 2 aromatic rings. The third-order valence-corrected chi connectivity index (χ3v) is 4.88. The molecule has 152 valence electrons. The highest BCUT2D eigenvalue weighted by Gasteiger charge is 2.27. The molecular formula is C24H24F3NO. The van der Waals surface area contributed by atoms with Gasteiger partial charge in [-0.25, -0.2) is 0 Å². The molecule has 29 heavy (non-hydrogen) atoms. The maximum atomic E-state index is 12.5. The fourth-order valence-electron chi connectivity index (χ4n) is 3.35. The van der Waals surface area contributed by atoms with Crippen LogP contribution in [0, 0.1) is 0 Å². The first kappa shape index (κ1) is 20.9. The van der Waals surface area contributed by atoms with Crippen molar-refractivity contribution in [3.05, 3.63) is 89.0 Å². The molecule has 0 unspecified atom stereocenters. The van der Waals surface area contributed by atoms with Crippen molar-refractivity contribution in [2.75, 3.05) is 5.32 Å². The molecule has 0 heterocycles. The first-order valence-corrected chi connectivity index (χ1v) is 9.80. The van der Waals surface area contributed by atoms with Crippen molar-refractivity contribution in [2.24, 2.45) is 0 Å². The number of amides is 1. The van der Waals surface area contributed by atoms with E-state index in [1.165, 1.54) is 36.3 Å². The average Bonchev–Trinajstić information content (AvgIpc) is 2.96. The molecule has 0 saturated carbocycles. The summed E-state index contributed by atoms with van der Waals surface area (Å²) in [6.45, 7) is 0. The molecule has 0 atom stereocenters. The molecule has 0 saturated heterocycles. The van der Waals surface area contributed by atoms with Crippen LogP contribution >= 0.6 is 0 Å². The molecule has 2 nitrogen and oxygen atoms in total. The lowest BCUT2D eigenvalue weighted by atomic mass is 9.99. The molecule has 5 heteroatoms. The van der Waals surface area contributed by atoms with E-state index in [1.807, 2.05) is 18.2 Å². The largest absolute Gasteiger partial charge is 0.393 e. The van der Waals surface area contributed by atoms with Crippen LogP contribution in [0.1, 0.15) is 47.2 Å². The number of allylic oxidation sites excluding steroid dienone is 4. The lowest BCUT2D eigenvalue weighted by Gasteiger charge is -2.10. The highest BCUT2D eigenvalue weighted by atomic mass is 19.4. The van der Waals surface area contributed by atoms with E-state index < -0.39 is 12.6 Å². The number of halogens is 3.